The number of aromatic nitrogens is 2. The first-order chi connectivity index (χ1) is 16.9. The van der Waals surface area contributed by atoms with E-state index in [9.17, 15) is 22.8 Å². The van der Waals surface area contributed by atoms with Gasteiger partial charge in [0.05, 0.1) is 5.56 Å². The van der Waals surface area contributed by atoms with E-state index in [1.807, 2.05) is 4.90 Å². The summed E-state index contributed by atoms with van der Waals surface area (Å²) in [6, 6.07) is 7.99. The van der Waals surface area contributed by atoms with Crippen molar-refractivity contribution in [2.75, 3.05) is 50.7 Å². The van der Waals surface area contributed by atoms with E-state index in [1.165, 1.54) is 0 Å². The number of halogens is 3. The van der Waals surface area contributed by atoms with Crippen LogP contribution in [0.25, 0.3) is 0 Å². The summed E-state index contributed by atoms with van der Waals surface area (Å²) < 4.78 is 40.4. The molecule has 1 aromatic carbocycles. The Hall–Kier alpha value is -3.01. The molecular formula is C26H32F3N5O2. The van der Waals surface area contributed by atoms with Gasteiger partial charge in [-0.1, -0.05) is 39.0 Å². The minimum atomic E-state index is -4.53. The van der Waals surface area contributed by atoms with Crippen LogP contribution in [-0.2, 0) is 11.6 Å². The molecule has 3 heterocycles. The van der Waals surface area contributed by atoms with Crippen molar-refractivity contribution in [3.05, 3.63) is 53.0 Å². The molecule has 2 aromatic rings. The topological polar surface area (TPSA) is 69.6 Å². The van der Waals surface area contributed by atoms with Crippen molar-refractivity contribution in [1.82, 2.24) is 19.8 Å². The second-order valence-corrected chi connectivity index (χ2v) is 10.4. The highest BCUT2D eigenvalue weighted by atomic mass is 19.4. The number of nitrogens with zero attached hydrogens (tertiary/aromatic N) is 5. The van der Waals surface area contributed by atoms with Crippen LogP contribution in [0.15, 0.2) is 30.3 Å². The number of Topliss-reactive ketones (excluding diaryl/α,β-unsaturated/α-hetero) is 1. The SMILES string of the molecule is CC(C)(C)c1nc(N2CCN(CCCN3CCC(=O)c4ccccc4C3=O)CC2)cc(C(F)(F)F)n1. The number of amides is 1. The number of carbonyl (C=O) groups is 2. The molecule has 0 unspecified atom stereocenters. The monoisotopic (exact) mass is 503 g/mol. The molecule has 1 saturated heterocycles. The number of piperazine rings is 1. The molecule has 1 amide bonds. The molecule has 2 aliphatic heterocycles. The van der Waals surface area contributed by atoms with Gasteiger partial charge in [-0.15, -0.1) is 0 Å². The van der Waals surface area contributed by atoms with Gasteiger partial charge in [0, 0.05) is 62.7 Å². The van der Waals surface area contributed by atoms with Crippen molar-refractivity contribution in [3.63, 3.8) is 0 Å². The predicted octanol–water partition coefficient (Wildman–Crippen LogP) is 4.03. The van der Waals surface area contributed by atoms with Crippen LogP contribution in [0.1, 0.15) is 65.8 Å². The maximum absolute atomic E-state index is 13.5. The second kappa shape index (κ2) is 10.2. The van der Waals surface area contributed by atoms with Gasteiger partial charge in [-0.05, 0) is 19.0 Å². The molecule has 7 nitrogen and oxygen atoms in total. The molecule has 1 fully saturated rings. The molecule has 0 radical (unpaired) electrons. The van der Waals surface area contributed by atoms with Crippen LogP contribution in [0.5, 0.6) is 0 Å². The number of rotatable bonds is 5. The number of ketones is 1. The van der Waals surface area contributed by atoms with Gasteiger partial charge in [0.15, 0.2) is 5.78 Å². The Bertz CT molecular complexity index is 1090. The van der Waals surface area contributed by atoms with Crippen LogP contribution in [0, 0.1) is 0 Å². The van der Waals surface area contributed by atoms with Gasteiger partial charge in [0.2, 0.25) is 0 Å². The molecule has 0 bridgehead atoms. The van der Waals surface area contributed by atoms with E-state index in [2.05, 4.69) is 14.9 Å². The molecule has 0 spiro atoms. The maximum Gasteiger partial charge on any atom is 0.433 e. The molecule has 10 heteroatoms. The van der Waals surface area contributed by atoms with Crippen LogP contribution < -0.4 is 4.90 Å². The van der Waals surface area contributed by atoms with Crippen molar-refractivity contribution in [2.24, 2.45) is 0 Å². The zero-order chi connectivity index (χ0) is 26.1. The normalized spacial score (nSPS) is 17.8. The number of hydrogen-bond acceptors (Lipinski definition) is 6. The third kappa shape index (κ3) is 5.86. The van der Waals surface area contributed by atoms with Gasteiger partial charge in [0.1, 0.15) is 17.3 Å². The van der Waals surface area contributed by atoms with Crippen LogP contribution in [0.4, 0.5) is 19.0 Å². The summed E-state index contributed by atoms with van der Waals surface area (Å²) in [5.74, 6) is 0.364. The Kier molecular flexibility index (Phi) is 7.36. The van der Waals surface area contributed by atoms with Crippen molar-refractivity contribution in [3.8, 4) is 0 Å². The number of benzene rings is 1. The molecule has 0 saturated carbocycles. The van der Waals surface area contributed by atoms with Crippen molar-refractivity contribution in [2.45, 2.75) is 45.2 Å². The summed E-state index contributed by atoms with van der Waals surface area (Å²) in [5, 5.41) is 0. The number of fused-ring (bicyclic) bond motifs is 1. The summed E-state index contributed by atoms with van der Waals surface area (Å²) in [7, 11) is 0. The lowest BCUT2D eigenvalue weighted by atomic mass is 9.95. The van der Waals surface area contributed by atoms with Gasteiger partial charge >= 0.3 is 6.18 Å². The Morgan fingerprint density at radius 3 is 2.19 bits per heavy atom. The van der Waals surface area contributed by atoms with Crippen molar-refractivity contribution in [1.29, 1.82) is 0 Å². The molecule has 1 aromatic heterocycles. The van der Waals surface area contributed by atoms with Crippen molar-refractivity contribution >= 4 is 17.5 Å². The molecule has 36 heavy (non-hydrogen) atoms. The van der Waals surface area contributed by atoms with Gasteiger partial charge in [-0.2, -0.15) is 13.2 Å². The highest BCUT2D eigenvalue weighted by Crippen LogP contribution is 2.32. The van der Waals surface area contributed by atoms with Crippen molar-refractivity contribution < 1.29 is 22.8 Å². The fraction of sp³-hybridized carbons (Fsp3) is 0.538. The molecule has 0 aliphatic carbocycles. The lowest BCUT2D eigenvalue weighted by Gasteiger charge is -2.36. The highest BCUT2D eigenvalue weighted by Gasteiger charge is 2.36. The smallest absolute Gasteiger partial charge is 0.354 e. The first kappa shape index (κ1) is 26.1. The van der Waals surface area contributed by atoms with Crippen LogP contribution in [0.3, 0.4) is 0 Å². The lowest BCUT2D eigenvalue weighted by molar-refractivity contribution is -0.141. The van der Waals surface area contributed by atoms with Gasteiger partial charge in [-0.25, -0.2) is 9.97 Å². The quantitative estimate of drug-likeness (QED) is 0.614. The second-order valence-electron chi connectivity index (χ2n) is 10.4. The Morgan fingerprint density at radius 1 is 0.889 bits per heavy atom. The molecular weight excluding hydrogens is 471 g/mol. The average Bonchev–Trinajstić information content (AvgIpc) is 2.95. The summed E-state index contributed by atoms with van der Waals surface area (Å²) in [5.41, 5.74) is -0.559. The Morgan fingerprint density at radius 2 is 1.56 bits per heavy atom. The number of carbonyl (C=O) groups excluding carboxylic acids is 2. The van der Waals surface area contributed by atoms with E-state index in [-0.39, 0.29) is 17.5 Å². The zero-order valence-electron chi connectivity index (χ0n) is 20.9. The summed E-state index contributed by atoms with van der Waals surface area (Å²) in [4.78, 5) is 39.4. The first-order valence-electron chi connectivity index (χ1n) is 12.3. The highest BCUT2D eigenvalue weighted by molar-refractivity contribution is 6.09. The van der Waals surface area contributed by atoms with E-state index >= 15 is 0 Å². The Balaban J connectivity index is 1.33. The molecule has 0 N–H and O–H groups in total. The van der Waals surface area contributed by atoms with Crippen LogP contribution in [-0.4, -0.2) is 77.3 Å². The molecule has 2 aliphatic rings. The third-order valence-electron chi connectivity index (χ3n) is 6.63. The molecule has 194 valence electrons. The largest absolute Gasteiger partial charge is 0.433 e. The van der Waals surface area contributed by atoms with E-state index in [0.29, 0.717) is 62.6 Å². The fourth-order valence-corrected chi connectivity index (χ4v) is 4.53. The number of hydrogen-bond donors (Lipinski definition) is 0. The third-order valence-corrected chi connectivity index (χ3v) is 6.63. The zero-order valence-corrected chi connectivity index (χ0v) is 20.9. The van der Waals surface area contributed by atoms with Gasteiger partial charge in [-0.3, -0.25) is 14.5 Å². The summed E-state index contributed by atoms with van der Waals surface area (Å²) >= 11 is 0. The lowest BCUT2D eigenvalue weighted by Crippen LogP contribution is -2.47. The standard InChI is InChI=1S/C26H32F3N5O2/c1-25(2,3)24-30-21(26(27,28)29)17-22(31-24)33-15-13-32(14-16-33)10-6-11-34-12-9-20(35)18-7-4-5-8-19(18)23(34)36/h4-5,7-8,17H,6,9-16H2,1-3H3. The van der Waals surface area contributed by atoms with Crippen LogP contribution >= 0.6 is 0 Å². The minimum Gasteiger partial charge on any atom is -0.354 e. The van der Waals surface area contributed by atoms with Gasteiger partial charge < -0.3 is 9.80 Å². The Labute approximate surface area is 209 Å². The average molecular weight is 504 g/mol. The van der Waals surface area contributed by atoms with Crippen LogP contribution in [0.2, 0.25) is 0 Å². The predicted molar refractivity (Wildman–Crippen MR) is 130 cm³/mol. The van der Waals surface area contributed by atoms with E-state index in [4.69, 9.17) is 0 Å². The number of anilines is 1. The van der Waals surface area contributed by atoms with E-state index in [1.54, 1.807) is 49.9 Å². The maximum atomic E-state index is 13.5. The fourth-order valence-electron chi connectivity index (χ4n) is 4.53. The first-order valence-corrected chi connectivity index (χ1v) is 12.3. The summed E-state index contributed by atoms with van der Waals surface area (Å²) in [6.45, 7) is 9.61. The summed E-state index contributed by atoms with van der Waals surface area (Å²) in [6.07, 6.45) is -3.46. The minimum absolute atomic E-state index is 0.00871. The van der Waals surface area contributed by atoms with E-state index < -0.39 is 17.3 Å². The molecule has 4 rings (SSSR count). The van der Waals surface area contributed by atoms with Gasteiger partial charge in [0.25, 0.3) is 5.91 Å². The number of alkyl halides is 3. The molecule has 0 atom stereocenters. The van der Waals surface area contributed by atoms with E-state index in [0.717, 1.165) is 19.0 Å².